The molecule has 0 amide bonds. The van der Waals surface area contributed by atoms with E-state index in [0.717, 1.165) is 11.1 Å². The van der Waals surface area contributed by atoms with E-state index >= 15 is 0 Å². The molecule has 0 aliphatic rings. The van der Waals surface area contributed by atoms with Crippen molar-refractivity contribution in [2.45, 2.75) is 4.90 Å². The van der Waals surface area contributed by atoms with E-state index in [0.29, 0.717) is 17.1 Å². The molecule has 0 atom stereocenters. The number of hydrogen-bond donors (Lipinski definition) is 0. The molecule has 0 aliphatic heterocycles. The third kappa shape index (κ3) is 3.13. The quantitative estimate of drug-likeness (QED) is 0.460. The molecule has 0 bridgehead atoms. The summed E-state index contributed by atoms with van der Waals surface area (Å²) >= 11 is 1.47. The molecule has 0 spiro atoms. The Bertz CT molecular complexity index is 445. The molecule has 1 rings (SSSR count). The minimum atomic E-state index is -0.511. The van der Waals surface area contributed by atoms with Crippen molar-refractivity contribution in [2.75, 3.05) is 20.5 Å². The predicted octanol–water partition coefficient (Wildman–Crippen LogP) is 2.67. The number of ether oxygens (including phenoxy) is 2. The summed E-state index contributed by atoms with van der Waals surface area (Å²) in [6.45, 7) is 0. The number of thioether (sulfide) groups is 1. The van der Waals surface area contributed by atoms with Crippen LogP contribution in [-0.4, -0.2) is 25.4 Å². The molecule has 0 N–H and O–H groups in total. The van der Waals surface area contributed by atoms with Gasteiger partial charge in [-0.3, -0.25) is 10.1 Å². The molecule has 0 aliphatic carbocycles. The lowest BCUT2D eigenvalue weighted by Gasteiger charge is -2.13. The van der Waals surface area contributed by atoms with Crippen molar-refractivity contribution in [2.24, 2.45) is 0 Å². The lowest BCUT2D eigenvalue weighted by molar-refractivity contribution is -0.400. The largest absolute Gasteiger partial charge is 0.495 e. The fraction of sp³-hybridized carbons (Fsp3) is 0.273. The average Bonchev–Trinajstić information content (AvgIpc) is 2.34. The topological polar surface area (TPSA) is 61.6 Å². The van der Waals surface area contributed by atoms with Crippen LogP contribution in [0.15, 0.2) is 23.2 Å². The van der Waals surface area contributed by atoms with E-state index in [2.05, 4.69) is 0 Å². The maximum Gasteiger partial charge on any atom is 0.235 e. The van der Waals surface area contributed by atoms with E-state index in [-0.39, 0.29) is 0 Å². The monoisotopic (exact) mass is 255 g/mol. The molecule has 0 heterocycles. The minimum Gasteiger partial charge on any atom is -0.495 e. The van der Waals surface area contributed by atoms with Crippen molar-refractivity contribution in [1.82, 2.24) is 0 Å². The Kier molecular flexibility index (Phi) is 4.84. The van der Waals surface area contributed by atoms with Crippen molar-refractivity contribution >= 4 is 17.8 Å². The number of hydrogen-bond acceptors (Lipinski definition) is 5. The van der Waals surface area contributed by atoms with Crippen molar-refractivity contribution in [1.29, 1.82) is 0 Å². The Hall–Kier alpha value is -1.69. The van der Waals surface area contributed by atoms with Gasteiger partial charge in [0.1, 0.15) is 11.5 Å². The summed E-state index contributed by atoms with van der Waals surface area (Å²) in [5.74, 6) is 1.27. The van der Waals surface area contributed by atoms with Gasteiger partial charge < -0.3 is 9.47 Å². The highest BCUT2D eigenvalue weighted by Crippen LogP contribution is 2.39. The van der Waals surface area contributed by atoms with Crippen molar-refractivity contribution in [3.8, 4) is 11.5 Å². The highest BCUT2D eigenvalue weighted by atomic mass is 32.2. The summed E-state index contributed by atoms with van der Waals surface area (Å²) < 4.78 is 10.5. The Labute approximate surface area is 104 Å². The minimum absolute atomic E-state index is 0.511. The summed E-state index contributed by atoms with van der Waals surface area (Å²) in [4.78, 5) is 10.6. The van der Waals surface area contributed by atoms with Crippen LogP contribution in [0.3, 0.4) is 0 Å². The van der Waals surface area contributed by atoms with Crippen molar-refractivity contribution in [3.05, 3.63) is 34.0 Å². The van der Waals surface area contributed by atoms with Crippen LogP contribution < -0.4 is 9.47 Å². The highest BCUT2D eigenvalue weighted by Gasteiger charge is 2.13. The van der Waals surface area contributed by atoms with E-state index in [4.69, 9.17) is 9.47 Å². The van der Waals surface area contributed by atoms with Crippen LogP contribution in [0.25, 0.3) is 6.08 Å². The average molecular weight is 255 g/mol. The molecule has 0 saturated carbocycles. The zero-order valence-corrected chi connectivity index (χ0v) is 10.6. The molecular formula is C11H13NO4S. The van der Waals surface area contributed by atoms with Gasteiger partial charge in [0.15, 0.2) is 0 Å². The first-order valence-corrected chi connectivity index (χ1v) is 5.97. The van der Waals surface area contributed by atoms with Crippen LogP contribution in [0.1, 0.15) is 5.56 Å². The zero-order valence-electron chi connectivity index (χ0n) is 9.80. The third-order valence-electron chi connectivity index (χ3n) is 2.11. The van der Waals surface area contributed by atoms with Crippen molar-refractivity contribution in [3.63, 3.8) is 0 Å². The van der Waals surface area contributed by atoms with Gasteiger partial charge in [-0.15, -0.1) is 11.8 Å². The van der Waals surface area contributed by atoms with Crippen LogP contribution in [0.2, 0.25) is 0 Å². The van der Waals surface area contributed by atoms with Gasteiger partial charge in [-0.1, -0.05) is 0 Å². The van der Waals surface area contributed by atoms with Crippen LogP contribution >= 0.6 is 11.8 Å². The predicted molar refractivity (Wildman–Crippen MR) is 67.4 cm³/mol. The first-order chi connectivity index (χ1) is 8.13. The molecule has 0 saturated heterocycles. The Balaban J connectivity index is 3.28. The molecule has 17 heavy (non-hydrogen) atoms. The standard InChI is InChI=1S/C11H13NO4S/c1-15-9-5-4-8(6-7-12(13)14)10(16-2)11(9)17-3/h4-7H,1-3H3. The van der Waals surface area contributed by atoms with E-state index in [1.54, 1.807) is 19.2 Å². The smallest absolute Gasteiger partial charge is 0.235 e. The van der Waals surface area contributed by atoms with Gasteiger partial charge in [0.25, 0.3) is 0 Å². The Morgan fingerprint density at radius 2 is 2.06 bits per heavy atom. The first kappa shape index (κ1) is 13.4. The molecule has 92 valence electrons. The maximum atomic E-state index is 10.3. The first-order valence-electron chi connectivity index (χ1n) is 4.74. The fourth-order valence-electron chi connectivity index (χ4n) is 1.40. The summed E-state index contributed by atoms with van der Waals surface area (Å²) in [6, 6.07) is 3.48. The zero-order chi connectivity index (χ0) is 12.8. The molecule has 0 fully saturated rings. The molecule has 1 aromatic rings. The molecule has 0 radical (unpaired) electrons. The lowest BCUT2D eigenvalue weighted by atomic mass is 10.2. The second-order valence-corrected chi connectivity index (χ2v) is 3.84. The van der Waals surface area contributed by atoms with E-state index in [1.807, 2.05) is 6.26 Å². The number of rotatable bonds is 5. The molecule has 6 heteroatoms. The number of nitro groups is 1. The van der Waals surface area contributed by atoms with Crippen LogP contribution in [-0.2, 0) is 0 Å². The van der Waals surface area contributed by atoms with Gasteiger partial charge in [0.2, 0.25) is 6.20 Å². The fourth-order valence-corrected chi connectivity index (χ4v) is 2.14. The maximum absolute atomic E-state index is 10.3. The second kappa shape index (κ2) is 6.15. The van der Waals surface area contributed by atoms with Gasteiger partial charge in [0.05, 0.1) is 24.0 Å². The van der Waals surface area contributed by atoms with E-state index in [9.17, 15) is 10.1 Å². The highest BCUT2D eigenvalue weighted by molar-refractivity contribution is 7.98. The van der Waals surface area contributed by atoms with Gasteiger partial charge in [-0.25, -0.2) is 0 Å². The number of nitrogens with zero attached hydrogens (tertiary/aromatic N) is 1. The molecule has 0 unspecified atom stereocenters. The van der Waals surface area contributed by atoms with E-state index < -0.39 is 4.92 Å². The lowest BCUT2D eigenvalue weighted by Crippen LogP contribution is -1.94. The SMILES string of the molecule is COc1ccc(C=C[N+](=O)[O-])c(OC)c1SC. The summed E-state index contributed by atoms with van der Waals surface area (Å²) in [6.07, 6.45) is 4.17. The molecular weight excluding hydrogens is 242 g/mol. The Morgan fingerprint density at radius 1 is 1.35 bits per heavy atom. The van der Waals surface area contributed by atoms with Crippen LogP contribution in [0, 0.1) is 10.1 Å². The molecule has 5 nitrogen and oxygen atoms in total. The van der Waals surface area contributed by atoms with E-state index in [1.165, 1.54) is 24.9 Å². The van der Waals surface area contributed by atoms with Gasteiger partial charge in [0, 0.05) is 11.6 Å². The number of benzene rings is 1. The van der Waals surface area contributed by atoms with Crippen LogP contribution in [0.4, 0.5) is 0 Å². The normalized spacial score (nSPS) is 10.5. The summed E-state index contributed by atoms with van der Waals surface area (Å²) in [5.41, 5.74) is 0.648. The van der Waals surface area contributed by atoms with Crippen molar-refractivity contribution < 1.29 is 14.4 Å². The second-order valence-electron chi connectivity index (χ2n) is 3.02. The number of methoxy groups -OCH3 is 2. The van der Waals surface area contributed by atoms with Gasteiger partial charge >= 0.3 is 0 Å². The third-order valence-corrected chi connectivity index (χ3v) is 2.91. The summed E-state index contributed by atoms with van der Waals surface area (Å²) in [7, 11) is 3.10. The van der Waals surface area contributed by atoms with Crippen LogP contribution in [0.5, 0.6) is 11.5 Å². The molecule has 1 aromatic carbocycles. The Morgan fingerprint density at radius 3 is 2.53 bits per heavy atom. The van der Waals surface area contributed by atoms with Gasteiger partial charge in [-0.05, 0) is 18.4 Å². The van der Waals surface area contributed by atoms with Gasteiger partial charge in [-0.2, -0.15) is 0 Å². The summed E-state index contributed by atoms with van der Waals surface area (Å²) in [5, 5.41) is 10.3. The molecule has 0 aromatic heterocycles.